The fourth-order valence-corrected chi connectivity index (χ4v) is 2.89. The van der Waals surface area contributed by atoms with Gasteiger partial charge in [0.25, 0.3) is 0 Å². The lowest BCUT2D eigenvalue weighted by Gasteiger charge is -2.30. The maximum absolute atomic E-state index is 12.4. The van der Waals surface area contributed by atoms with E-state index in [0.717, 1.165) is 25.8 Å². The van der Waals surface area contributed by atoms with Gasteiger partial charge in [-0.1, -0.05) is 13.3 Å². The predicted octanol–water partition coefficient (Wildman–Crippen LogP) is -0.312. The summed E-state index contributed by atoms with van der Waals surface area (Å²) in [6, 6.07) is -0.570. The fourth-order valence-electron chi connectivity index (χ4n) is 2.89. The Labute approximate surface area is 112 Å². The Morgan fingerprint density at radius 3 is 2.84 bits per heavy atom. The second-order valence-electron chi connectivity index (χ2n) is 5.43. The van der Waals surface area contributed by atoms with Gasteiger partial charge in [-0.3, -0.25) is 19.7 Å². The molecule has 3 amide bonds. The van der Waals surface area contributed by atoms with E-state index < -0.39 is 11.5 Å². The third-order valence-electron chi connectivity index (χ3n) is 4.00. The molecule has 2 saturated heterocycles. The van der Waals surface area contributed by atoms with Crippen LogP contribution < -0.4 is 16.0 Å². The summed E-state index contributed by atoms with van der Waals surface area (Å²) < 4.78 is 0. The van der Waals surface area contributed by atoms with Crippen LogP contribution in [0.25, 0.3) is 0 Å². The molecule has 0 bridgehead atoms. The lowest BCUT2D eigenvalue weighted by Crippen LogP contribution is -2.55. The van der Waals surface area contributed by atoms with E-state index >= 15 is 0 Å². The molecule has 3 N–H and O–H groups in total. The molecule has 2 aliphatic heterocycles. The average Bonchev–Trinajstić information content (AvgIpc) is 2.83. The third kappa shape index (κ3) is 2.94. The van der Waals surface area contributed by atoms with Gasteiger partial charge in [-0.2, -0.15) is 0 Å². The molecule has 106 valence electrons. The van der Waals surface area contributed by atoms with Crippen molar-refractivity contribution in [3.63, 3.8) is 0 Å². The van der Waals surface area contributed by atoms with Crippen LogP contribution in [0.5, 0.6) is 0 Å². The lowest BCUT2D eigenvalue weighted by molar-refractivity contribution is -0.140. The van der Waals surface area contributed by atoms with Crippen molar-refractivity contribution in [1.82, 2.24) is 16.0 Å². The molecule has 2 rings (SSSR count). The van der Waals surface area contributed by atoms with Gasteiger partial charge in [-0.05, 0) is 25.8 Å². The smallest absolute Gasteiger partial charge is 0.249 e. The molecule has 0 radical (unpaired) electrons. The highest BCUT2D eigenvalue weighted by atomic mass is 16.2. The van der Waals surface area contributed by atoms with E-state index in [1.807, 2.05) is 0 Å². The van der Waals surface area contributed by atoms with Crippen molar-refractivity contribution >= 4 is 17.7 Å². The predicted molar refractivity (Wildman–Crippen MR) is 69.1 cm³/mol. The summed E-state index contributed by atoms with van der Waals surface area (Å²) in [5.74, 6) is -0.711. The number of rotatable bonds is 4. The van der Waals surface area contributed by atoms with Crippen LogP contribution in [0.1, 0.15) is 39.0 Å². The number of carbonyl (C=O) groups is 3. The molecule has 6 heteroatoms. The molecule has 19 heavy (non-hydrogen) atoms. The Morgan fingerprint density at radius 1 is 1.47 bits per heavy atom. The molecular weight excluding hydrogens is 246 g/mol. The van der Waals surface area contributed by atoms with Crippen molar-refractivity contribution in [2.45, 2.75) is 45.1 Å². The van der Waals surface area contributed by atoms with E-state index in [4.69, 9.17) is 0 Å². The van der Waals surface area contributed by atoms with E-state index in [2.05, 4.69) is 22.9 Å². The SMILES string of the molecule is CCCC1(C(=O)NC2CCC(=O)NC2=O)CCNC1. The first-order valence-electron chi connectivity index (χ1n) is 6.93. The fraction of sp³-hybridized carbons (Fsp3) is 0.769. The normalized spacial score (nSPS) is 31.1. The summed E-state index contributed by atoms with van der Waals surface area (Å²) in [7, 11) is 0. The Bertz CT molecular complexity index is 389. The van der Waals surface area contributed by atoms with Crippen LogP contribution in [-0.2, 0) is 14.4 Å². The van der Waals surface area contributed by atoms with Gasteiger partial charge in [-0.25, -0.2) is 0 Å². The van der Waals surface area contributed by atoms with Crippen LogP contribution in [0.2, 0.25) is 0 Å². The topological polar surface area (TPSA) is 87.3 Å². The molecule has 0 aromatic carbocycles. The first-order valence-corrected chi connectivity index (χ1v) is 6.93. The summed E-state index contributed by atoms with van der Waals surface area (Å²) in [6.07, 6.45) is 3.24. The molecule has 6 nitrogen and oxygen atoms in total. The Balaban J connectivity index is 1.99. The molecular formula is C13H21N3O3. The number of hydrogen-bond donors (Lipinski definition) is 3. The van der Waals surface area contributed by atoms with E-state index in [0.29, 0.717) is 13.0 Å². The Kier molecular flexibility index (Phi) is 4.19. The van der Waals surface area contributed by atoms with Crippen LogP contribution in [-0.4, -0.2) is 36.9 Å². The van der Waals surface area contributed by atoms with Gasteiger partial charge in [-0.15, -0.1) is 0 Å². The summed E-state index contributed by atoms with van der Waals surface area (Å²) in [5, 5.41) is 8.29. The van der Waals surface area contributed by atoms with Gasteiger partial charge in [0.2, 0.25) is 17.7 Å². The second kappa shape index (κ2) is 5.69. The standard InChI is InChI=1S/C13H21N3O3/c1-2-5-13(6-7-14-8-13)12(19)15-9-3-4-10(17)16-11(9)18/h9,14H,2-8H2,1H3,(H,15,19)(H,16,17,18). The van der Waals surface area contributed by atoms with Crippen molar-refractivity contribution in [3.8, 4) is 0 Å². The minimum Gasteiger partial charge on any atom is -0.344 e. The number of piperidine rings is 1. The summed E-state index contributed by atoms with van der Waals surface area (Å²) in [5.41, 5.74) is -0.392. The molecule has 0 aromatic rings. The van der Waals surface area contributed by atoms with Crippen LogP contribution in [0, 0.1) is 5.41 Å². The van der Waals surface area contributed by atoms with Crippen molar-refractivity contribution < 1.29 is 14.4 Å². The maximum Gasteiger partial charge on any atom is 0.249 e. The zero-order valence-corrected chi connectivity index (χ0v) is 11.3. The zero-order valence-electron chi connectivity index (χ0n) is 11.3. The van der Waals surface area contributed by atoms with Crippen LogP contribution >= 0.6 is 0 Å². The molecule has 2 fully saturated rings. The minimum absolute atomic E-state index is 0.0613. The number of hydrogen-bond acceptors (Lipinski definition) is 4. The largest absolute Gasteiger partial charge is 0.344 e. The first-order chi connectivity index (χ1) is 9.07. The molecule has 0 aromatic heterocycles. The molecule has 0 saturated carbocycles. The van der Waals surface area contributed by atoms with Gasteiger partial charge < -0.3 is 10.6 Å². The average molecular weight is 267 g/mol. The monoisotopic (exact) mass is 267 g/mol. The van der Waals surface area contributed by atoms with Gasteiger partial charge in [0.05, 0.1) is 5.41 Å². The van der Waals surface area contributed by atoms with Crippen molar-refractivity contribution in [2.24, 2.45) is 5.41 Å². The molecule has 2 atom stereocenters. The van der Waals surface area contributed by atoms with Crippen molar-refractivity contribution in [1.29, 1.82) is 0 Å². The quantitative estimate of drug-likeness (QED) is 0.610. The van der Waals surface area contributed by atoms with Crippen molar-refractivity contribution in [2.75, 3.05) is 13.1 Å². The third-order valence-corrected chi connectivity index (χ3v) is 4.00. The van der Waals surface area contributed by atoms with E-state index in [9.17, 15) is 14.4 Å². The second-order valence-corrected chi connectivity index (χ2v) is 5.43. The molecule has 2 unspecified atom stereocenters. The van der Waals surface area contributed by atoms with Crippen LogP contribution in [0.4, 0.5) is 0 Å². The number of carbonyl (C=O) groups excluding carboxylic acids is 3. The van der Waals surface area contributed by atoms with E-state index in [1.165, 1.54) is 0 Å². The van der Waals surface area contributed by atoms with Gasteiger partial charge in [0.1, 0.15) is 6.04 Å². The zero-order chi connectivity index (χ0) is 13.9. The summed E-state index contributed by atoms with van der Waals surface area (Å²) in [6.45, 7) is 3.56. The number of imide groups is 1. The van der Waals surface area contributed by atoms with E-state index in [-0.39, 0.29) is 24.1 Å². The Hall–Kier alpha value is -1.43. The number of amides is 3. The highest BCUT2D eigenvalue weighted by Gasteiger charge is 2.42. The van der Waals surface area contributed by atoms with Gasteiger partial charge in [0, 0.05) is 13.0 Å². The van der Waals surface area contributed by atoms with E-state index in [1.54, 1.807) is 0 Å². The highest BCUT2D eigenvalue weighted by molar-refractivity contribution is 6.02. The van der Waals surface area contributed by atoms with Crippen LogP contribution in [0.3, 0.4) is 0 Å². The Morgan fingerprint density at radius 2 is 2.26 bits per heavy atom. The van der Waals surface area contributed by atoms with Gasteiger partial charge >= 0.3 is 0 Å². The molecule has 0 aliphatic carbocycles. The number of nitrogens with one attached hydrogen (secondary N) is 3. The highest BCUT2D eigenvalue weighted by Crippen LogP contribution is 2.31. The first kappa shape index (κ1) is 14.0. The maximum atomic E-state index is 12.4. The lowest BCUT2D eigenvalue weighted by atomic mass is 9.81. The van der Waals surface area contributed by atoms with Crippen LogP contribution in [0.15, 0.2) is 0 Å². The minimum atomic E-state index is -0.570. The molecule has 0 spiro atoms. The summed E-state index contributed by atoms with van der Waals surface area (Å²) in [4.78, 5) is 35.2. The van der Waals surface area contributed by atoms with Gasteiger partial charge in [0.15, 0.2) is 0 Å². The molecule has 2 heterocycles. The molecule has 2 aliphatic rings. The van der Waals surface area contributed by atoms with Crippen molar-refractivity contribution in [3.05, 3.63) is 0 Å². The summed E-state index contributed by atoms with van der Waals surface area (Å²) >= 11 is 0.